The van der Waals surface area contributed by atoms with Gasteiger partial charge in [-0.05, 0) is 17.7 Å². The number of hydrogen-bond donors (Lipinski definition) is 0. The van der Waals surface area contributed by atoms with E-state index in [1.54, 1.807) is 0 Å². The van der Waals surface area contributed by atoms with Crippen molar-refractivity contribution in [2.24, 2.45) is 0 Å². The summed E-state index contributed by atoms with van der Waals surface area (Å²) in [6.45, 7) is 0. The standard InChI is InChI=1S/C13H15FO6S/c1-19-12(15)5-6-21(17,18)8-9-3-4-10(11(14)7-9)13(16)20-2/h3-4,7H,5-6,8H2,1-2H3. The second-order valence-electron chi connectivity index (χ2n) is 4.22. The predicted molar refractivity (Wildman–Crippen MR) is 71.9 cm³/mol. The van der Waals surface area contributed by atoms with E-state index in [-0.39, 0.29) is 23.3 Å². The molecule has 0 unspecified atom stereocenters. The lowest BCUT2D eigenvalue weighted by Gasteiger charge is -2.06. The fraction of sp³-hybridized carbons (Fsp3) is 0.385. The van der Waals surface area contributed by atoms with Gasteiger partial charge >= 0.3 is 11.9 Å². The Labute approximate surface area is 121 Å². The quantitative estimate of drug-likeness (QED) is 0.730. The number of sulfone groups is 1. The summed E-state index contributed by atoms with van der Waals surface area (Å²) in [4.78, 5) is 22.1. The number of rotatable bonds is 6. The molecule has 0 fully saturated rings. The molecule has 0 saturated carbocycles. The number of benzene rings is 1. The van der Waals surface area contributed by atoms with Crippen molar-refractivity contribution in [2.45, 2.75) is 12.2 Å². The number of carbonyl (C=O) groups excluding carboxylic acids is 2. The van der Waals surface area contributed by atoms with E-state index in [0.29, 0.717) is 0 Å². The normalized spacial score (nSPS) is 11.0. The molecule has 0 aliphatic carbocycles. The van der Waals surface area contributed by atoms with E-state index in [0.717, 1.165) is 26.4 Å². The highest BCUT2D eigenvalue weighted by molar-refractivity contribution is 7.90. The first-order chi connectivity index (χ1) is 9.79. The van der Waals surface area contributed by atoms with Gasteiger partial charge in [0.15, 0.2) is 9.84 Å². The summed E-state index contributed by atoms with van der Waals surface area (Å²) in [5.41, 5.74) is -0.0850. The van der Waals surface area contributed by atoms with Crippen LogP contribution in [0.25, 0.3) is 0 Å². The second-order valence-corrected chi connectivity index (χ2v) is 6.41. The Hall–Kier alpha value is -1.96. The van der Waals surface area contributed by atoms with Crippen LogP contribution in [-0.2, 0) is 29.9 Å². The summed E-state index contributed by atoms with van der Waals surface area (Å²) in [5.74, 6) is -3.15. The SMILES string of the molecule is COC(=O)CCS(=O)(=O)Cc1ccc(C(=O)OC)c(F)c1. The number of hydrogen-bond acceptors (Lipinski definition) is 6. The van der Waals surface area contributed by atoms with Gasteiger partial charge < -0.3 is 9.47 Å². The largest absolute Gasteiger partial charge is 0.469 e. The Kier molecular flexibility index (Phi) is 5.83. The molecule has 0 aromatic heterocycles. The van der Waals surface area contributed by atoms with Crippen molar-refractivity contribution in [1.29, 1.82) is 0 Å². The van der Waals surface area contributed by atoms with Gasteiger partial charge in [0.1, 0.15) is 5.82 Å². The van der Waals surface area contributed by atoms with Crippen LogP contribution in [0.3, 0.4) is 0 Å². The molecule has 0 bridgehead atoms. The monoisotopic (exact) mass is 318 g/mol. The van der Waals surface area contributed by atoms with Gasteiger partial charge in [-0.25, -0.2) is 17.6 Å². The lowest BCUT2D eigenvalue weighted by Crippen LogP contribution is -2.14. The molecule has 8 heteroatoms. The third kappa shape index (κ3) is 5.14. The molecule has 0 aliphatic heterocycles. The van der Waals surface area contributed by atoms with Crippen LogP contribution in [0, 0.1) is 5.82 Å². The number of ether oxygens (including phenoxy) is 2. The summed E-state index contributed by atoms with van der Waals surface area (Å²) in [6, 6.07) is 3.44. The van der Waals surface area contributed by atoms with E-state index in [9.17, 15) is 22.4 Å². The molecule has 0 atom stereocenters. The van der Waals surface area contributed by atoms with Gasteiger partial charge in [-0.15, -0.1) is 0 Å². The van der Waals surface area contributed by atoms with Crippen molar-refractivity contribution in [3.05, 3.63) is 35.1 Å². The Morgan fingerprint density at radius 3 is 2.38 bits per heavy atom. The Morgan fingerprint density at radius 1 is 1.19 bits per heavy atom. The fourth-order valence-electron chi connectivity index (χ4n) is 1.59. The van der Waals surface area contributed by atoms with E-state index in [4.69, 9.17) is 0 Å². The average Bonchev–Trinajstić information content (AvgIpc) is 2.43. The van der Waals surface area contributed by atoms with Gasteiger partial charge in [-0.1, -0.05) is 6.07 Å². The minimum absolute atomic E-state index is 0.185. The highest BCUT2D eigenvalue weighted by atomic mass is 32.2. The molecular weight excluding hydrogens is 303 g/mol. The number of esters is 2. The van der Waals surface area contributed by atoms with Gasteiger partial charge in [-0.3, -0.25) is 4.79 Å². The Morgan fingerprint density at radius 2 is 1.86 bits per heavy atom. The minimum atomic E-state index is -3.58. The van der Waals surface area contributed by atoms with Crippen LogP contribution in [0.1, 0.15) is 22.3 Å². The van der Waals surface area contributed by atoms with Crippen LogP contribution in [0.4, 0.5) is 4.39 Å². The van der Waals surface area contributed by atoms with Crippen molar-refractivity contribution >= 4 is 21.8 Å². The van der Waals surface area contributed by atoms with Crippen LogP contribution in [0.5, 0.6) is 0 Å². The van der Waals surface area contributed by atoms with Crippen LogP contribution >= 0.6 is 0 Å². The molecule has 0 amide bonds. The maximum Gasteiger partial charge on any atom is 0.340 e. The molecular formula is C13H15FO6S. The summed E-state index contributed by atoms with van der Waals surface area (Å²) in [6.07, 6.45) is -0.262. The topological polar surface area (TPSA) is 86.7 Å². The summed E-state index contributed by atoms with van der Waals surface area (Å²) in [5, 5.41) is 0. The number of carbonyl (C=O) groups is 2. The molecule has 0 spiro atoms. The predicted octanol–water partition coefficient (Wildman–Crippen LogP) is 1.09. The van der Waals surface area contributed by atoms with Crippen molar-refractivity contribution in [3.8, 4) is 0 Å². The lowest BCUT2D eigenvalue weighted by atomic mass is 10.1. The molecule has 0 N–H and O–H groups in total. The molecule has 116 valence electrons. The molecule has 6 nitrogen and oxygen atoms in total. The van der Waals surface area contributed by atoms with Crippen molar-refractivity contribution in [2.75, 3.05) is 20.0 Å². The van der Waals surface area contributed by atoms with Crippen molar-refractivity contribution < 1.29 is 31.9 Å². The Balaban J connectivity index is 2.81. The number of methoxy groups -OCH3 is 2. The third-order valence-corrected chi connectivity index (χ3v) is 4.27. The van der Waals surface area contributed by atoms with Crippen molar-refractivity contribution in [3.63, 3.8) is 0 Å². The minimum Gasteiger partial charge on any atom is -0.469 e. The molecule has 1 aromatic carbocycles. The van der Waals surface area contributed by atoms with Crippen LogP contribution in [0.15, 0.2) is 18.2 Å². The average molecular weight is 318 g/mol. The summed E-state index contributed by atoms with van der Waals surface area (Å²) < 4.78 is 46.0. The summed E-state index contributed by atoms with van der Waals surface area (Å²) in [7, 11) is -1.30. The molecule has 0 radical (unpaired) electrons. The maximum absolute atomic E-state index is 13.7. The number of halogens is 1. The zero-order chi connectivity index (χ0) is 16.0. The molecule has 21 heavy (non-hydrogen) atoms. The van der Waals surface area contributed by atoms with Gasteiger partial charge in [0.2, 0.25) is 0 Å². The maximum atomic E-state index is 13.7. The first-order valence-electron chi connectivity index (χ1n) is 5.93. The molecule has 0 saturated heterocycles. The first-order valence-corrected chi connectivity index (χ1v) is 7.75. The zero-order valence-corrected chi connectivity index (χ0v) is 12.4. The fourth-order valence-corrected chi connectivity index (χ4v) is 2.90. The van der Waals surface area contributed by atoms with Crippen LogP contribution in [0.2, 0.25) is 0 Å². The first kappa shape index (κ1) is 17.1. The smallest absolute Gasteiger partial charge is 0.340 e. The molecule has 0 aliphatic rings. The molecule has 1 aromatic rings. The highest BCUT2D eigenvalue weighted by Gasteiger charge is 2.17. The lowest BCUT2D eigenvalue weighted by molar-refractivity contribution is -0.140. The zero-order valence-electron chi connectivity index (χ0n) is 11.6. The van der Waals surface area contributed by atoms with E-state index in [1.807, 2.05) is 0 Å². The van der Waals surface area contributed by atoms with Gasteiger partial charge in [0, 0.05) is 0 Å². The molecule has 0 heterocycles. The van der Waals surface area contributed by atoms with Crippen molar-refractivity contribution in [1.82, 2.24) is 0 Å². The van der Waals surface area contributed by atoms with Gasteiger partial charge in [-0.2, -0.15) is 0 Å². The van der Waals surface area contributed by atoms with E-state index >= 15 is 0 Å². The Bertz CT molecular complexity index is 638. The van der Waals surface area contributed by atoms with E-state index < -0.39 is 33.3 Å². The van der Waals surface area contributed by atoms with Gasteiger partial charge in [0.05, 0.1) is 37.7 Å². The highest BCUT2D eigenvalue weighted by Crippen LogP contribution is 2.14. The molecule has 1 rings (SSSR count). The van der Waals surface area contributed by atoms with Crippen LogP contribution in [-0.4, -0.2) is 40.3 Å². The van der Waals surface area contributed by atoms with Gasteiger partial charge in [0.25, 0.3) is 0 Å². The van der Waals surface area contributed by atoms with E-state index in [1.165, 1.54) is 6.07 Å². The van der Waals surface area contributed by atoms with E-state index in [2.05, 4.69) is 9.47 Å². The second kappa shape index (κ2) is 7.16. The van der Waals surface area contributed by atoms with Crippen LogP contribution < -0.4 is 0 Å². The summed E-state index contributed by atoms with van der Waals surface area (Å²) >= 11 is 0. The third-order valence-electron chi connectivity index (χ3n) is 2.67.